The van der Waals surface area contributed by atoms with Crippen LogP contribution in [0.15, 0.2) is 88.8 Å². The molecule has 2 fully saturated rings. The lowest BCUT2D eigenvalue weighted by molar-refractivity contribution is -0.124. The van der Waals surface area contributed by atoms with Gasteiger partial charge in [0, 0.05) is 39.8 Å². The number of carbonyl (C=O) groups is 1. The van der Waals surface area contributed by atoms with E-state index in [1.165, 1.54) is 18.2 Å². The number of rotatable bonds is 5. The predicted molar refractivity (Wildman–Crippen MR) is 165 cm³/mol. The van der Waals surface area contributed by atoms with Crippen LogP contribution >= 0.6 is 23.4 Å². The van der Waals surface area contributed by atoms with Crippen molar-refractivity contribution in [2.75, 3.05) is 0 Å². The molecule has 1 aromatic heterocycles. The van der Waals surface area contributed by atoms with Crippen LogP contribution in [-0.2, 0) is 11.3 Å². The highest BCUT2D eigenvalue weighted by Gasteiger charge is 2.41. The van der Waals surface area contributed by atoms with Crippen molar-refractivity contribution in [2.24, 2.45) is 10.9 Å². The van der Waals surface area contributed by atoms with Crippen LogP contribution < -0.4 is 0 Å². The number of halogens is 1. The summed E-state index contributed by atoms with van der Waals surface area (Å²) in [6.45, 7) is 5.08. The summed E-state index contributed by atoms with van der Waals surface area (Å²) in [5, 5.41) is 2.68. The fraction of sp³-hybridized carbons (Fsp3) is 0.273. The second-order valence-corrected chi connectivity index (χ2v) is 12.0. The molecule has 0 spiro atoms. The molecule has 1 saturated heterocycles. The molecule has 0 unspecified atom stereocenters. The largest absolute Gasteiger partial charge is 0.340 e. The zero-order valence-electron chi connectivity index (χ0n) is 22.3. The van der Waals surface area contributed by atoms with Gasteiger partial charge in [-0.05, 0) is 73.4 Å². The van der Waals surface area contributed by atoms with Crippen LogP contribution in [0.4, 0.5) is 5.69 Å². The Morgan fingerprint density at radius 1 is 0.974 bits per heavy atom. The van der Waals surface area contributed by atoms with Crippen molar-refractivity contribution >= 4 is 57.1 Å². The van der Waals surface area contributed by atoms with E-state index in [1.807, 2.05) is 53.4 Å². The van der Waals surface area contributed by atoms with E-state index in [0.717, 1.165) is 67.8 Å². The molecule has 3 aromatic carbocycles. The average molecular weight is 554 g/mol. The molecule has 6 heteroatoms. The summed E-state index contributed by atoms with van der Waals surface area (Å²) in [5.41, 5.74) is 5.26. The molecule has 4 nitrogen and oxygen atoms in total. The molecular weight excluding hydrogens is 522 g/mol. The van der Waals surface area contributed by atoms with E-state index in [4.69, 9.17) is 16.6 Å². The van der Waals surface area contributed by atoms with Crippen molar-refractivity contribution in [2.45, 2.75) is 52.1 Å². The molecule has 39 heavy (non-hydrogen) atoms. The highest BCUT2D eigenvalue weighted by molar-refractivity contribution is 8.18. The first-order chi connectivity index (χ1) is 19.0. The standard InChI is InChI=1S/C33H32ClN3OS/c1-22-12-6-10-18-29(22)37-32(38)31(39-33(37)35-25-14-4-3-5-15-25)20-27-23(2)36(30-19-11-8-16-26(27)30)21-24-13-7-9-17-28(24)34/h3-5,7-9,11,13-17,19-20,22,29H,6,10,12,18,21H2,1-2H3/b31-20-,35-33?/t22-,29-/m0/s1. The van der Waals surface area contributed by atoms with E-state index in [1.54, 1.807) is 0 Å². The third-order valence-electron chi connectivity index (χ3n) is 8.06. The minimum Gasteiger partial charge on any atom is -0.340 e. The van der Waals surface area contributed by atoms with Gasteiger partial charge in [-0.2, -0.15) is 0 Å². The molecule has 1 aliphatic heterocycles. The molecule has 1 amide bonds. The normalized spacial score (nSPS) is 21.9. The van der Waals surface area contributed by atoms with Crippen molar-refractivity contribution in [1.29, 1.82) is 0 Å². The summed E-state index contributed by atoms with van der Waals surface area (Å²) >= 11 is 8.04. The fourth-order valence-electron chi connectivity index (χ4n) is 5.92. The topological polar surface area (TPSA) is 37.6 Å². The van der Waals surface area contributed by atoms with Crippen LogP contribution in [-0.4, -0.2) is 26.6 Å². The van der Waals surface area contributed by atoms with E-state index in [0.29, 0.717) is 12.5 Å². The van der Waals surface area contributed by atoms with E-state index in [9.17, 15) is 4.79 Å². The summed E-state index contributed by atoms with van der Waals surface area (Å²) in [6.07, 6.45) is 6.62. The zero-order chi connectivity index (χ0) is 26.9. The number of hydrogen-bond acceptors (Lipinski definition) is 3. The van der Waals surface area contributed by atoms with Gasteiger partial charge in [0.15, 0.2) is 5.17 Å². The summed E-state index contributed by atoms with van der Waals surface area (Å²) in [5.74, 6) is 0.513. The summed E-state index contributed by atoms with van der Waals surface area (Å²) in [4.78, 5) is 21.8. The quantitative estimate of drug-likeness (QED) is 0.231. The first-order valence-corrected chi connectivity index (χ1v) is 14.9. The Bertz CT molecular complexity index is 1590. The minimum absolute atomic E-state index is 0.0655. The Morgan fingerprint density at radius 3 is 2.49 bits per heavy atom. The number of benzene rings is 3. The number of para-hydroxylation sites is 2. The molecular formula is C33H32ClN3OS. The van der Waals surface area contributed by atoms with E-state index in [2.05, 4.69) is 54.8 Å². The maximum atomic E-state index is 14.1. The minimum atomic E-state index is 0.0655. The van der Waals surface area contributed by atoms with Crippen LogP contribution in [0.25, 0.3) is 17.0 Å². The molecule has 4 aromatic rings. The predicted octanol–water partition coefficient (Wildman–Crippen LogP) is 8.83. The Morgan fingerprint density at radius 2 is 1.69 bits per heavy atom. The monoisotopic (exact) mass is 553 g/mol. The number of amidine groups is 1. The van der Waals surface area contributed by atoms with Crippen molar-refractivity contribution in [3.63, 3.8) is 0 Å². The van der Waals surface area contributed by atoms with Crippen LogP contribution in [0, 0.1) is 12.8 Å². The van der Waals surface area contributed by atoms with Gasteiger partial charge in [0.05, 0.1) is 10.6 Å². The maximum Gasteiger partial charge on any atom is 0.267 e. The number of fused-ring (bicyclic) bond motifs is 1. The van der Waals surface area contributed by atoms with Crippen LogP contribution in [0.1, 0.15) is 49.4 Å². The van der Waals surface area contributed by atoms with Gasteiger partial charge in [0.25, 0.3) is 5.91 Å². The maximum absolute atomic E-state index is 14.1. The summed E-state index contributed by atoms with van der Waals surface area (Å²) in [6, 6.07) is 26.5. The second kappa shape index (κ2) is 11.1. The smallest absolute Gasteiger partial charge is 0.267 e. The van der Waals surface area contributed by atoms with E-state index < -0.39 is 0 Å². The number of hydrogen-bond donors (Lipinski definition) is 0. The molecule has 0 radical (unpaired) electrons. The van der Waals surface area contributed by atoms with Gasteiger partial charge < -0.3 is 4.57 Å². The Balaban J connectivity index is 1.44. The third-order valence-corrected chi connectivity index (χ3v) is 9.41. The lowest BCUT2D eigenvalue weighted by Crippen LogP contribution is -2.44. The number of amides is 1. The van der Waals surface area contributed by atoms with Crippen LogP contribution in [0.3, 0.4) is 0 Å². The van der Waals surface area contributed by atoms with Gasteiger partial charge in [0.2, 0.25) is 0 Å². The second-order valence-electron chi connectivity index (χ2n) is 10.5. The van der Waals surface area contributed by atoms with E-state index in [-0.39, 0.29) is 11.9 Å². The average Bonchev–Trinajstić information content (AvgIpc) is 3.39. The molecule has 2 atom stereocenters. The van der Waals surface area contributed by atoms with Gasteiger partial charge in [-0.1, -0.05) is 86.0 Å². The molecule has 2 aliphatic rings. The highest BCUT2D eigenvalue weighted by Crippen LogP contribution is 2.41. The van der Waals surface area contributed by atoms with Crippen LogP contribution in [0.2, 0.25) is 5.02 Å². The van der Waals surface area contributed by atoms with Crippen molar-refractivity contribution in [3.05, 3.63) is 106 Å². The van der Waals surface area contributed by atoms with Gasteiger partial charge in [-0.25, -0.2) is 4.99 Å². The molecule has 0 N–H and O–H groups in total. The SMILES string of the molecule is Cc1c(/C=C2\SC(=Nc3ccccc3)N([C@H]3CCCC[C@@H]3C)C2=O)c2ccccc2n1Cc1ccccc1Cl. The lowest BCUT2D eigenvalue weighted by Gasteiger charge is -2.35. The third kappa shape index (κ3) is 5.06. The molecule has 198 valence electrons. The fourth-order valence-corrected chi connectivity index (χ4v) is 7.14. The van der Waals surface area contributed by atoms with Gasteiger partial charge in [-0.15, -0.1) is 0 Å². The summed E-state index contributed by atoms with van der Waals surface area (Å²) < 4.78 is 2.30. The van der Waals surface area contributed by atoms with Gasteiger partial charge in [0.1, 0.15) is 0 Å². The summed E-state index contributed by atoms with van der Waals surface area (Å²) in [7, 11) is 0. The molecule has 1 saturated carbocycles. The number of thioether (sulfide) groups is 1. The molecule has 2 heterocycles. The number of aliphatic imine (C=N–C) groups is 1. The Kier molecular flexibility index (Phi) is 7.37. The van der Waals surface area contributed by atoms with Gasteiger partial charge >= 0.3 is 0 Å². The van der Waals surface area contributed by atoms with Crippen molar-refractivity contribution < 1.29 is 4.79 Å². The molecule has 6 rings (SSSR count). The molecule has 1 aliphatic carbocycles. The highest BCUT2D eigenvalue weighted by atomic mass is 35.5. The van der Waals surface area contributed by atoms with E-state index >= 15 is 0 Å². The number of nitrogens with zero attached hydrogens (tertiary/aromatic N) is 3. The first-order valence-electron chi connectivity index (χ1n) is 13.7. The van der Waals surface area contributed by atoms with Gasteiger partial charge in [-0.3, -0.25) is 9.69 Å². The van der Waals surface area contributed by atoms with Crippen molar-refractivity contribution in [1.82, 2.24) is 9.47 Å². The van der Waals surface area contributed by atoms with Crippen molar-refractivity contribution in [3.8, 4) is 0 Å². The zero-order valence-corrected chi connectivity index (χ0v) is 23.9. The number of aromatic nitrogens is 1. The van der Waals surface area contributed by atoms with Crippen LogP contribution in [0.5, 0.6) is 0 Å². The lowest BCUT2D eigenvalue weighted by atomic mass is 9.85. The molecule has 0 bridgehead atoms. The number of carbonyl (C=O) groups excluding carboxylic acids is 1. The first kappa shape index (κ1) is 26.0. The Hall–Kier alpha value is -3.28. The Labute approximate surface area is 239 Å².